The second kappa shape index (κ2) is 9.07. The molecule has 0 bridgehead atoms. The summed E-state index contributed by atoms with van der Waals surface area (Å²) in [5, 5.41) is 2.71. The van der Waals surface area contributed by atoms with Crippen molar-refractivity contribution in [3.05, 3.63) is 47.5 Å². The molecule has 0 aromatic heterocycles. The highest BCUT2D eigenvalue weighted by molar-refractivity contribution is 7.89. The summed E-state index contributed by atoms with van der Waals surface area (Å²) >= 11 is 0. The number of carbonyl (C=O) groups is 1. The fraction of sp³-hybridized carbons (Fsp3) is 0.278. The lowest BCUT2D eigenvalue weighted by Crippen LogP contribution is -2.23. The number of ether oxygens (including phenoxy) is 1. The van der Waals surface area contributed by atoms with Crippen molar-refractivity contribution in [2.45, 2.75) is 18.7 Å². The Labute approximate surface area is 166 Å². The van der Waals surface area contributed by atoms with Gasteiger partial charge in [-0.3, -0.25) is 4.79 Å². The van der Waals surface area contributed by atoms with Gasteiger partial charge >= 0.3 is 0 Å². The topological polar surface area (TPSA) is 102 Å². The molecule has 2 rings (SSSR count). The highest BCUT2D eigenvalue weighted by Crippen LogP contribution is 2.29. The average Bonchev–Trinajstić information content (AvgIpc) is 2.58. The number of nitrogens with two attached hydrogens (primary N) is 1. The first-order valence-corrected chi connectivity index (χ1v) is 9.47. The predicted octanol–water partition coefficient (Wildman–Crippen LogP) is 2.90. The van der Waals surface area contributed by atoms with Crippen molar-refractivity contribution in [1.82, 2.24) is 4.31 Å². The van der Waals surface area contributed by atoms with Gasteiger partial charge in [0.25, 0.3) is 5.91 Å². The van der Waals surface area contributed by atoms with E-state index in [9.17, 15) is 13.2 Å². The van der Waals surface area contributed by atoms with Crippen LogP contribution in [0.5, 0.6) is 5.75 Å². The smallest absolute Gasteiger partial charge is 0.256 e. The molecule has 148 valence electrons. The molecule has 0 aliphatic carbocycles. The molecule has 0 unspecified atom stereocenters. The van der Waals surface area contributed by atoms with Gasteiger partial charge in [-0.2, -0.15) is 0 Å². The van der Waals surface area contributed by atoms with Gasteiger partial charge < -0.3 is 15.8 Å². The maximum Gasteiger partial charge on any atom is 0.256 e. The molecule has 0 saturated heterocycles. The van der Waals surface area contributed by atoms with Crippen LogP contribution in [0.1, 0.15) is 22.8 Å². The van der Waals surface area contributed by atoms with Gasteiger partial charge in [-0.1, -0.05) is 6.07 Å². The summed E-state index contributed by atoms with van der Waals surface area (Å²) in [5.74, 6) is -0.133. The van der Waals surface area contributed by atoms with E-state index in [1.165, 1.54) is 26.2 Å². The maximum atomic E-state index is 12.6. The minimum absolute atomic E-state index is 0. The van der Waals surface area contributed by atoms with Crippen LogP contribution in [0.15, 0.2) is 41.3 Å². The molecule has 0 aliphatic heterocycles. The molecule has 0 saturated carbocycles. The van der Waals surface area contributed by atoms with Crippen molar-refractivity contribution >= 4 is 39.7 Å². The van der Waals surface area contributed by atoms with E-state index < -0.39 is 10.0 Å². The van der Waals surface area contributed by atoms with Gasteiger partial charge in [0.1, 0.15) is 10.6 Å². The van der Waals surface area contributed by atoms with Crippen LogP contribution in [0.2, 0.25) is 0 Å². The lowest BCUT2D eigenvalue weighted by atomic mass is 10.1. The van der Waals surface area contributed by atoms with Crippen LogP contribution in [0.25, 0.3) is 0 Å². The molecule has 2 aromatic rings. The van der Waals surface area contributed by atoms with Crippen molar-refractivity contribution < 1.29 is 17.9 Å². The van der Waals surface area contributed by atoms with Gasteiger partial charge in [0.2, 0.25) is 10.0 Å². The second-order valence-corrected chi connectivity index (χ2v) is 8.03. The highest BCUT2D eigenvalue weighted by Gasteiger charge is 2.23. The standard InChI is InChI=1S/C18H23N3O4S.ClH/c1-5-25-16-9-8-14(11-17(16)26(23,24)21(3)4)20-18(22)15-10-13(19)7-6-12(15)2;/h6-11H,5,19H2,1-4H3,(H,20,22);1H. The van der Waals surface area contributed by atoms with E-state index in [1.807, 2.05) is 0 Å². The van der Waals surface area contributed by atoms with E-state index in [2.05, 4.69) is 5.32 Å². The molecule has 0 spiro atoms. The molecule has 7 nitrogen and oxygen atoms in total. The molecular weight excluding hydrogens is 390 g/mol. The fourth-order valence-corrected chi connectivity index (χ4v) is 3.39. The van der Waals surface area contributed by atoms with Gasteiger partial charge in [0, 0.05) is 31.0 Å². The van der Waals surface area contributed by atoms with Crippen molar-refractivity contribution in [2.75, 3.05) is 31.8 Å². The fourth-order valence-electron chi connectivity index (χ4n) is 2.34. The van der Waals surface area contributed by atoms with Crippen LogP contribution >= 0.6 is 12.4 Å². The number of halogens is 1. The second-order valence-electron chi connectivity index (χ2n) is 5.91. The summed E-state index contributed by atoms with van der Waals surface area (Å²) in [4.78, 5) is 12.5. The largest absolute Gasteiger partial charge is 0.492 e. The number of sulfonamides is 1. The van der Waals surface area contributed by atoms with Crippen molar-refractivity contribution in [2.24, 2.45) is 0 Å². The number of nitrogens with zero attached hydrogens (tertiary/aromatic N) is 1. The van der Waals surface area contributed by atoms with Gasteiger partial charge in [-0.05, 0) is 49.7 Å². The van der Waals surface area contributed by atoms with E-state index >= 15 is 0 Å². The Bertz CT molecular complexity index is 930. The van der Waals surface area contributed by atoms with Crippen molar-refractivity contribution in [3.8, 4) is 5.75 Å². The minimum atomic E-state index is -3.73. The first kappa shape index (κ1) is 22.8. The lowest BCUT2D eigenvalue weighted by Gasteiger charge is -2.17. The summed E-state index contributed by atoms with van der Waals surface area (Å²) in [5.41, 5.74) is 7.76. The van der Waals surface area contributed by atoms with Crippen LogP contribution in [0, 0.1) is 6.92 Å². The van der Waals surface area contributed by atoms with E-state index in [0.29, 0.717) is 23.5 Å². The Morgan fingerprint density at radius 2 is 1.85 bits per heavy atom. The van der Waals surface area contributed by atoms with Crippen LogP contribution in [0.3, 0.4) is 0 Å². The predicted molar refractivity (Wildman–Crippen MR) is 109 cm³/mol. The van der Waals surface area contributed by atoms with E-state index in [1.54, 1.807) is 38.1 Å². The minimum Gasteiger partial charge on any atom is -0.492 e. The van der Waals surface area contributed by atoms with Crippen LogP contribution in [-0.2, 0) is 10.0 Å². The number of nitrogens with one attached hydrogen (secondary N) is 1. The number of carbonyl (C=O) groups excluding carboxylic acids is 1. The lowest BCUT2D eigenvalue weighted by molar-refractivity contribution is 0.102. The zero-order valence-corrected chi connectivity index (χ0v) is 17.3. The first-order chi connectivity index (χ1) is 12.2. The quantitative estimate of drug-likeness (QED) is 0.709. The Morgan fingerprint density at radius 3 is 2.44 bits per heavy atom. The van der Waals surface area contributed by atoms with Crippen molar-refractivity contribution in [3.63, 3.8) is 0 Å². The van der Waals surface area contributed by atoms with E-state index in [4.69, 9.17) is 10.5 Å². The Kier molecular flexibility index (Phi) is 7.65. The van der Waals surface area contributed by atoms with Crippen LogP contribution < -0.4 is 15.8 Å². The van der Waals surface area contributed by atoms with Gasteiger partial charge in [-0.15, -0.1) is 12.4 Å². The van der Waals surface area contributed by atoms with Gasteiger partial charge in [0.05, 0.1) is 6.61 Å². The molecule has 27 heavy (non-hydrogen) atoms. The third kappa shape index (κ3) is 5.12. The Morgan fingerprint density at radius 1 is 1.19 bits per heavy atom. The number of benzene rings is 2. The number of aryl methyl sites for hydroxylation is 1. The molecule has 0 fully saturated rings. The summed E-state index contributed by atoms with van der Waals surface area (Å²) < 4.78 is 31.6. The number of hydrogen-bond donors (Lipinski definition) is 2. The van der Waals surface area contributed by atoms with E-state index in [0.717, 1.165) is 9.87 Å². The number of hydrogen-bond acceptors (Lipinski definition) is 5. The monoisotopic (exact) mass is 413 g/mol. The van der Waals surface area contributed by atoms with Crippen LogP contribution in [-0.4, -0.2) is 39.3 Å². The molecule has 0 aliphatic rings. The third-order valence-corrected chi connectivity index (χ3v) is 5.60. The van der Waals surface area contributed by atoms with Crippen LogP contribution in [0.4, 0.5) is 11.4 Å². The normalized spacial score (nSPS) is 11.0. The van der Waals surface area contributed by atoms with E-state index in [-0.39, 0.29) is 29.0 Å². The molecule has 0 heterocycles. The molecule has 9 heteroatoms. The average molecular weight is 414 g/mol. The maximum absolute atomic E-state index is 12.6. The number of amides is 1. The third-order valence-electron chi connectivity index (χ3n) is 3.77. The Balaban J connectivity index is 0.00000364. The molecule has 0 radical (unpaired) electrons. The molecule has 2 aromatic carbocycles. The number of nitrogen functional groups attached to an aromatic ring is 1. The SMILES string of the molecule is CCOc1ccc(NC(=O)c2cc(N)ccc2C)cc1S(=O)(=O)N(C)C.Cl. The molecule has 0 atom stereocenters. The Hall–Kier alpha value is -2.29. The summed E-state index contributed by atoms with van der Waals surface area (Å²) in [6.07, 6.45) is 0. The van der Waals surface area contributed by atoms with Gasteiger partial charge in [-0.25, -0.2) is 12.7 Å². The van der Waals surface area contributed by atoms with Crippen molar-refractivity contribution in [1.29, 1.82) is 0 Å². The first-order valence-electron chi connectivity index (χ1n) is 8.03. The molecular formula is C18H24ClN3O4S. The summed E-state index contributed by atoms with van der Waals surface area (Å²) in [6, 6.07) is 9.56. The van der Waals surface area contributed by atoms with Gasteiger partial charge in [0.15, 0.2) is 0 Å². The summed E-state index contributed by atoms with van der Waals surface area (Å²) in [6.45, 7) is 3.89. The number of anilines is 2. The zero-order chi connectivity index (χ0) is 19.5. The highest BCUT2D eigenvalue weighted by atomic mass is 35.5. The molecule has 3 N–H and O–H groups in total. The molecule has 1 amide bonds. The zero-order valence-electron chi connectivity index (χ0n) is 15.6. The summed E-state index contributed by atoms with van der Waals surface area (Å²) in [7, 11) is -0.857. The number of rotatable bonds is 6.